The second kappa shape index (κ2) is 9.10. The van der Waals surface area contributed by atoms with Crippen molar-refractivity contribution in [2.75, 3.05) is 6.61 Å². The van der Waals surface area contributed by atoms with E-state index in [1.807, 2.05) is 53.3 Å². The molecule has 9 heteroatoms. The summed E-state index contributed by atoms with van der Waals surface area (Å²) in [4.78, 5) is 11.5. The lowest BCUT2D eigenvalue weighted by Gasteiger charge is -2.11. The van der Waals surface area contributed by atoms with Crippen LogP contribution in [-0.2, 0) is 5.75 Å². The number of ether oxygens (including phenoxy) is 1. The van der Waals surface area contributed by atoms with Crippen LogP contribution < -0.4 is 4.74 Å². The van der Waals surface area contributed by atoms with Gasteiger partial charge in [0, 0.05) is 17.9 Å². The van der Waals surface area contributed by atoms with Gasteiger partial charge in [0.05, 0.1) is 22.1 Å². The SMILES string of the molecule is CCOc1ccc(-n2c(SCc3ccc([N+](=O)[O-])cc3)nnc2-c2cccs2)cc1. The number of nitrogens with zero attached hydrogens (tertiary/aromatic N) is 4. The van der Waals surface area contributed by atoms with Crippen molar-refractivity contribution in [1.82, 2.24) is 14.8 Å². The Morgan fingerprint density at radius 1 is 1.10 bits per heavy atom. The summed E-state index contributed by atoms with van der Waals surface area (Å²) in [5.74, 6) is 2.21. The van der Waals surface area contributed by atoms with Crippen LogP contribution in [0.4, 0.5) is 5.69 Å². The zero-order chi connectivity index (χ0) is 20.9. The maximum atomic E-state index is 10.8. The van der Waals surface area contributed by atoms with Gasteiger partial charge in [0.25, 0.3) is 5.69 Å². The maximum Gasteiger partial charge on any atom is 0.269 e. The van der Waals surface area contributed by atoms with Crippen molar-refractivity contribution in [2.24, 2.45) is 0 Å². The molecule has 4 aromatic rings. The van der Waals surface area contributed by atoms with E-state index >= 15 is 0 Å². The number of aromatic nitrogens is 3. The molecule has 0 spiro atoms. The highest BCUT2D eigenvalue weighted by Crippen LogP contribution is 2.32. The molecule has 0 atom stereocenters. The molecule has 7 nitrogen and oxygen atoms in total. The number of benzene rings is 2. The van der Waals surface area contributed by atoms with Gasteiger partial charge < -0.3 is 4.74 Å². The number of thiophene rings is 1. The first-order valence-electron chi connectivity index (χ1n) is 9.24. The minimum Gasteiger partial charge on any atom is -0.494 e. The van der Waals surface area contributed by atoms with Gasteiger partial charge >= 0.3 is 0 Å². The van der Waals surface area contributed by atoms with E-state index < -0.39 is 4.92 Å². The third kappa shape index (κ3) is 4.37. The van der Waals surface area contributed by atoms with Gasteiger partial charge in [-0.25, -0.2) is 0 Å². The van der Waals surface area contributed by atoms with Gasteiger partial charge in [-0.1, -0.05) is 30.0 Å². The molecule has 0 aliphatic carbocycles. The van der Waals surface area contributed by atoms with Crippen molar-refractivity contribution in [1.29, 1.82) is 0 Å². The highest BCUT2D eigenvalue weighted by Gasteiger charge is 2.17. The third-order valence-electron chi connectivity index (χ3n) is 4.30. The average molecular weight is 439 g/mol. The van der Waals surface area contributed by atoms with Gasteiger partial charge in [0.1, 0.15) is 5.75 Å². The summed E-state index contributed by atoms with van der Waals surface area (Å²) in [5, 5.41) is 22.4. The molecule has 30 heavy (non-hydrogen) atoms. The van der Waals surface area contributed by atoms with Gasteiger partial charge in [-0.15, -0.1) is 21.5 Å². The summed E-state index contributed by atoms with van der Waals surface area (Å²) in [7, 11) is 0. The van der Waals surface area contributed by atoms with Crippen molar-refractivity contribution in [2.45, 2.75) is 17.8 Å². The minimum absolute atomic E-state index is 0.0845. The fraction of sp³-hybridized carbons (Fsp3) is 0.143. The molecule has 0 saturated heterocycles. The number of thioether (sulfide) groups is 1. The van der Waals surface area contributed by atoms with E-state index in [0.29, 0.717) is 12.4 Å². The molecule has 152 valence electrons. The Kier molecular flexibility index (Phi) is 6.10. The molecular weight excluding hydrogens is 420 g/mol. The van der Waals surface area contributed by atoms with Crippen molar-refractivity contribution in [3.05, 3.63) is 81.7 Å². The second-order valence-corrected chi connectivity index (χ2v) is 8.15. The fourth-order valence-corrected chi connectivity index (χ4v) is 4.49. The fourth-order valence-electron chi connectivity index (χ4n) is 2.88. The Balaban J connectivity index is 1.63. The van der Waals surface area contributed by atoms with E-state index in [-0.39, 0.29) is 5.69 Å². The van der Waals surface area contributed by atoms with Gasteiger partial charge in [-0.05, 0) is 48.2 Å². The average Bonchev–Trinajstić information content (AvgIpc) is 3.43. The monoisotopic (exact) mass is 438 g/mol. The number of hydrogen-bond donors (Lipinski definition) is 0. The van der Waals surface area contributed by atoms with E-state index in [9.17, 15) is 10.1 Å². The Morgan fingerprint density at radius 2 is 1.87 bits per heavy atom. The van der Waals surface area contributed by atoms with Crippen LogP contribution in [0.5, 0.6) is 5.75 Å². The van der Waals surface area contributed by atoms with Crippen LogP contribution in [0.2, 0.25) is 0 Å². The van der Waals surface area contributed by atoms with E-state index in [1.165, 1.54) is 23.9 Å². The molecule has 2 aromatic heterocycles. The Hall–Kier alpha value is -3.17. The second-order valence-electron chi connectivity index (χ2n) is 6.26. The predicted octanol–water partition coefficient (Wildman–Crippen LogP) is 5.60. The van der Waals surface area contributed by atoms with Crippen LogP contribution in [0.25, 0.3) is 16.4 Å². The molecular formula is C21H18N4O3S2. The van der Waals surface area contributed by atoms with Crippen molar-refractivity contribution in [3.8, 4) is 22.1 Å². The molecule has 0 amide bonds. The molecule has 0 aliphatic heterocycles. The summed E-state index contributed by atoms with van der Waals surface area (Å²) in [6.45, 7) is 2.57. The first-order valence-corrected chi connectivity index (χ1v) is 11.1. The molecule has 4 rings (SSSR count). The normalized spacial score (nSPS) is 10.8. The van der Waals surface area contributed by atoms with Gasteiger partial charge in [0.15, 0.2) is 11.0 Å². The lowest BCUT2D eigenvalue weighted by molar-refractivity contribution is -0.384. The minimum atomic E-state index is -0.396. The molecule has 0 N–H and O–H groups in total. The lowest BCUT2D eigenvalue weighted by atomic mass is 10.2. The van der Waals surface area contributed by atoms with Gasteiger partial charge in [-0.2, -0.15) is 0 Å². The summed E-state index contributed by atoms with van der Waals surface area (Å²) < 4.78 is 7.58. The zero-order valence-electron chi connectivity index (χ0n) is 16.1. The van der Waals surface area contributed by atoms with E-state index in [2.05, 4.69) is 10.2 Å². The third-order valence-corrected chi connectivity index (χ3v) is 6.16. The van der Waals surface area contributed by atoms with Gasteiger partial charge in [0.2, 0.25) is 0 Å². The van der Waals surface area contributed by atoms with Crippen molar-refractivity contribution < 1.29 is 9.66 Å². The van der Waals surface area contributed by atoms with E-state index in [1.54, 1.807) is 23.5 Å². The Morgan fingerprint density at radius 3 is 2.50 bits per heavy atom. The van der Waals surface area contributed by atoms with Crippen molar-refractivity contribution >= 4 is 28.8 Å². The van der Waals surface area contributed by atoms with Crippen LogP contribution in [-0.4, -0.2) is 26.3 Å². The molecule has 0 saturated carbocycles. The standard InChI is InChI=1S/C21H18N4O3S2/c1-2-28-18-11-9-16(10-12-18)24-20(19-4-3-13-29-19)22-23-21(24)30-14-15-5-7-17(8-6-15)25(26)27/h3-13H,2,14H2,1H3. The predicted molar refractivity (Wildman–Crippen MR) is 118 cm³/mol. The molecule has 0 bridgehead atoms. The van der Waals surface area contributed by atoms with Crippen LogP contribution >= 0.6 is 23.1 Å². The number of non-ortho nitro benzene ring substituents is 1. The summed E-state index contributed by atoms with van der Waals surface area (Å²) >= 11 is 3.14. The first kappa shape index (κ1) is 20.1. The zero-order valence-corrected chi connectivity index (χ0v) is 17.7. The number of nitro groups is 1. The van der Waals surface area contributed by atoms with Crippen LogP contribution in [0.15, 0.2) is 71.2 Å². The molecule has 0 radical (unpaired) electrons. The summed E-state index contributed by atoms with van der Waals surface area (Å²) in [6, 6.07) is 18.4. The van der Waals surface area contributed by atoms with Crippen LogP contribution in [0, 0.1) is 10.1 Å². The van der Waals surface area contributed by atoms with E-state index in [4.69, 9.17) is 4.74 Å². The highest BCUT2D eigenvalue weighted by molar-refractivity contribution is 7.98. The molecule has 0 unspecified atom stereocenters. The largest absolute Gasteiger partial charge is 0.494 e. The maximum absolute atomic E-state index is 10.8. The van der Waals surface area contributed by atoms with Crippen LogP contribution in [0.1, 0.15) is 12.5 Å². The van der Waals surface area contributed by atoms with E-state index in [0.717, 1.165) is 32.9 Å². The summed E-state index contributed by atoms with van der Waals surface area (Å²) in [6.07, 6.45) is 0. The number of nitro benzene ring substituents is 1. The topological polar surface area (TPSA) is 83.1 Å². The van der Waals surface area contributed by atoms with Gasteiger partial charge in [-0.3, -0.25) is 14.7 Å². The molecule has 2 aromatic carbocycles. The molecule has 2 heterocycles. The first-order chi connectivity index (χ1) is 14.7. The van der Waals surface area contributed by atoms with Crippen molar-refractivity contribution in [3.63, 3.8) is 0 Å². The number of rotatable bonds is 8. The molecule has 0 fully saturated rings. The highest BCUT2D eigenvalue weighted by atomic mass is 32.2. The Labute approximate surface area is 181 Å². The molecule has 0 aliphatic rings. The smallest absolute Gasteiger partial charge is 0.269 e. The Bertz CT molecular complexity index is 1120. The quantitative estimate of drug-likeness (QED) is 0.202. The number of hydrogen-bond acceptors (Lipinski definition) is 7. The summed E-state index contributed by atoms with van der Waals surface area (Å²) in [5.41, 5.74) is 2.00. The van der Waals surface area contributed by atoms with Crippen LogP contribution in [0.3, 0.4) is 0 Å². The lowest BCUT2D eigenvalue weighted by Crippen LogP contribution is -2.00.